The molecule has 1 heterocycles. The molecule has 0 aliphatic carbocycles. The van der Waals surface area contributed by atoms with Gasteiger partial charge in [-0.2, -0.15) is 0 Å². The lowest BCUT2D eigenvalue weighted by Crippen LogP contribution is -2.31. The van der Waals surface area contributed by atoms with Crippen LogP contribution in [0.3, 0.4) is 0 Å². The van der Waals surface area contributed by atoms with Crippen molar-refractivity contribution in [3.63, 3.8) is 0 Å². The lowest BCUT2D eigenvalue weighted by molar-refractivity contribution is 0.0952. The molecule has 2 aromatic carbocycles. The average molecular weight is 319 g/mol. The van der Waals surface area contributed by atoms with Gasteiger partial charge in [0.25, 0.3) is 5.91 Å². The van der Waals surface area contributed by atoms with E-state index in [1.54, 1.807) is 6.07 Å². The largest absolute Gasteiger partial charge is 0.455 e. The molecule has 116 valence electrons. The summed E-state index contributed by atoms with van der Waals surface area (Å²) >= 11 is 0. The summed E-state index contributed by atoms with van der Waals surface area (Å²) in [6.07, 6.45) is 0. The highest BCUT2D eigenvalue weighted by Gasteiger charge is 2.15. The number of hydrogen-bond acceptors (Lipinski definition) is 3. The fourth-order valence-corrected chi connectivity index (χ4v) is 2.41. The monoisotopic (exact) mass is 318 g/mol. The molecule has 0 saturated carbocycles. The zero-order valence-electron chi connectivity index (χ0n) is 12.6. The molecular weight excluding hydrogens is 300 g/mol. The number of amides is 1. The highest BCUT2D eigenvalue weighted by molar-refractivity contribution is 6.13. The first-order chi connectivity index (χ1) is 10.2. The number of carbonyl (C=O) groups excluding carboxylic acids is 1. The van der Waals surface area contributed by atoms with Crippen molar-refractivity contribution in [3.8, 4) is 0 Å². The minimum Gasteiger partial charge on any atom is -0.455 e. The number of para-hydroxylation sites is 2. The van der Waals surface area contributed by atoms with Gasteiger partial charge in [-0.25, -0.2) is 0 Å². The van der Waals surface area contributed by atoms with Gasteiger partial charge in [0.1, 0.15) is 11.2 Å². The van der Waals surface area contributed by atoms with Gasteiger partial charge in [-0.05, 0) is 26.2 Å². The van der Waals surface area contributed by atoms with Gasteiger partial charge < -0.3 is 14.6 Å². The molecule has 0 spiro atoms. The molecule has 0 fully saturated rings. The van der Waals surface area contributed by atoms with Gasteiger partial charge in [-0.3, -0.25) is 4.79 Å². The molecule has 1 amide bonds. The Bertz CT molecular complexity index is 796. The van der Waals surface area contributed by atoms with Crippen molar-refractivity contribution < 1.29 is 9.21 Å². The summed E-state index contributed by atoms with van der Waals surface area (Å²) in [6.45, 7) is 1.42. The molecule has 0 aliphatic heterocycles. The Morgan fingerprint density at radius 3 is 2.59 bits per heavy atom. The van der Waals surface area contributed by atoms with Crippen LogP contribution in [0.4, 0.5) is 0 Å². The number of likely N-dealkylation sites (N-methyl/N-ethyl adjacent to an activating group) is 1. The second kappa shape index (κ2) is 6.81. The summed E-state index contributed by atoms with van der Waals surface area (Å²) in [5, 5.41) is 4.94. The van der Waals surface area contributed by atoms with E-state index in [-0.39, 0.29) is 18.3 Å². The van der Waals surface area contributed by atoms with Crippen LogP contribution in [0.15, 0.2) is 46.9 Å². The molecule has 0 saturated heterocycles. The van der Waals surface area contributed by atoms with Crippen LogP contribution in [0.25, 0.3) is 21.9 Å². The zero-order valence-corrected chi connectivity index (χ0v) is 13.4. The van der Waals surface area contributed by atoms with E-state index in [4.69, 9.17) is 4.42 Å². The Morgan fingerprint density at radius 2 is 1.82 bits per heavy atom. The molecule has 0 radical (unpaired) electrons. The number of fused-ring (bicyclic) bond motifs is 3. The van der Waals surface area contributed by atoms with Crippen LogP contribution in [0, 0.1) is 0 Å². The summed E-state index contributed by atoms with van der Waals surface area (Å²) in [4.78, 5) is 14.4. The molecule has 3 aromatic rings. The maximum atomic E-state index is 12.3. The number of hydrogen-bond donors (Lipinski definition) is 1. The normalized spacial score (nSPS) is 10.9. The first-order valence-electron chi connectivity index (χ1n) is 7.00. The fraction of sp³-hybridized carbons (Fsp3) is 0.235. The lowest BCUT2D eigenvalue weighted by atomic mass is 10.1. The summed E-state index contributed by atoms with van der Waals surface area (Å²) in [7, 11) is 3.96. The number of furan rings is 1. The van der Waals surface area contributed by atoms with E-state index >= 15 is 0 Å². The molecule has 22 heavy (non-hydrogen) atoms. The van der Waals surface area contributed by atoms with Crippen LogP contribution in [-0.2, 0) is 0 Å². The molecule has 5 heteroatoms. The highest BCUT2D eigenvalue weighted by atomic mass is 35.5. The predicted octanol–water partition coefficient (Wildman–Crippen LogP) is 3.30. The van der Waals surface area contributed by atoms with Crippen molar-refractivity contribution >= 4 is 40.3 Å². The van der Waals surface area contributed by atoms with Crippen molar-refractivity contribution in [2.24, 2.45) is 0 Å². The third-order valence-electron chi connectivity index (χ3n) is 3.49. The SMILES string of the molecule is CN(C)CCNC(=O)c1cccc2c1oc1ccccc12.Cl. The van der Waals surface area contributed by atoms with Gasteiger partial charge >= 0.3 is 0 Å². The zero-order chi connectivity index (χ0) is 14.8. The molecule has 0 bridgehead atoms. The van der Waals surface area contributed by atoms with E-state index in [0.29, 0.717) is 17.7 Å². The van der Waals surface area contributed by atoms with Crippen LogP contribution in [0.2, 0.25) is 0 Å². The van der Waals surface area contributed by atoms with E-state index < -0.39 is 0 Å². The standard InChI is InChI=1S/C17H18N2O2.ClH/c1-19(2)11-10-18-17(20)14-8-5-7-13-12-6-3-4-9-15(12)21-16(13)14;/h3-9H,10-11H2,1-2H3,(H,18,20);1H. The van der Waals surface area contributed by atoms with Gasteiger partial charge in [0, 0.05) is 23.9 Å². The molecule has 1 aromatic heterocycles. The molecule has 4 nitrogen and oxygen atoms in total. The number of nitrogens with zero attached hydrogens (tertiary/aromatic N) is 1. The van der Waals surface area contributed by atoms with Gasteiger partial charge in [0.05, 0.1) is 5.56 Å². The summed E-state index contributed by atoms with van der Waals surface area (Å²) in [5.41, 5.74) is 2.05. The highest BCUT2D eigenvalue weighted by Crippen LogP contribution is 2.30. The second-order valence-corrected chi connectivity index (χ2v) is 5.34. The molecule has 0 atom stereocenters. The summed E-state index contributed by atoms with van der Waals surface area (Å²) in [5.74, 6) is -0.0958. The number of nitrogens with one attached hydrogen (secondary N) is 1. The lowest BCUT2D eigenvalue weighted by Gasteiger charge is -2.10. The van der Waals surface area contributed by atoms with Crippen molar-refractivity contribution in [2.75, 3.05) is 27.2 Å². The van der Waals surface area contributed by atoms with Gasteiger partial charge in [-0.15, -0.1) is 12.4 Å². The van der Waals surface area contributed by atoms with Crippen LogP contribution >= 0.6 is 12.4 Å². The van der Waals surface area contributed by atoms with Gasteiger partial charge in [-0.1, -0.05) is 30.3 Å². The van der Waals surface area contributed by atoms with Crippen LogP contribution in [0.5, 0.6) is 0 Å². The minimum atomic E-state index is -0.0958. The molecule has 3 rings (SSSR count). The van der Waals surface area contributed by atoms with Crippen LogP contribution in [-0.4, -0.2) is 38.0 Å². The van der Waals surface area contributed by atoms with Crippen molar-refractivity contribution in [1.82, 2.24) is 10.2 Å². The van der Waals surface area contributed by atoms with Crippen molar-refractivity contribution in [2.45, 2.75) is 0 Å². The van der Waals surface area contributed by atoms with Crippen molar-refractivity contribution in [1.29, 1.82) is 0 Å². The van der Waals surface area contributed by atoms with E-state index in [9.17, 15) is 4.79 Å². The molecule has 0 unspecified atom stereocenters. The van der Waals surface area contributed by atoms with E-state index in [0.717, 1.165) is 22.9 Å². The average Bonchev–Trinajstić information content (AvgIpc) is 2.85. The third kappa shape index (κ3) is 3.08. The maximum absolute atomic E-state index is 12.3. The van der Waals surface area contributed by atoms with Gasteiger partial charge in [0.15, 0.2) is 0 Å². The summed E-state index contributed by atoms with van der Waals surface area (Å²) < 4.78 is 5.86. The Kier molecular flexibility index (Phi) is 5.06. The molecule has 1 N–H and O–H groups in total. The van der Waals surface area contributed by atoms with Crippen LogP contribution < -0.4 is 5.32 Å². The smallest absolute Gasteiger partial charge is 0.255 e. The number of rotatable bonds is 4. The number of halogens is 1. The van der Waals surface area contributed by atoms with Crippen molar-refractivity contribution in [3.05, 3.63) is 48.0 Å². The Labute approximate surface area is 135 Å². The molecule has 0 aliphatic rings. The van der Waals surface area contributed by atoms with E-state index in [2.05, 4.69) is 5.32 Å². The molecular formula is C17H19ClN2O2. The second-order valence-electron chi connectivity index (χ2n) is 5.34. The quantitative estimate of drug-likeness (QED) is 0.803. The Balaban J connectivity index is 0.00000176. The first-order valence-corrected chi connectivity index (χ1v) is 7.00. The first kappa shape index (κ1) is 16.3. The van der Waals surface area contributed by atoms with E-state index in [1.807, 2.05) is 55.4 Å². The number of carbonyl (C=O) groups is 1. The maximum Gasteiger partial charge on any atom is 0.255 e. The summed E-state index contributed by atoms with van der Waals surface area (Å²) in [6, 6.07) is 13.5. The Hall–Kier alpha value is -2.04. The van der Waals surface area contributed by atoms with Gasteiger partial charge in [0.2, 0.25) is 0 Å². The van der Waals surface area contributed by atoms with Crippen LogP contribution in [0.1, 0.15) is 10.4 Å². The predicted molar refractivity (Wildman–Crippen MR) is 91.9 cm³/mol. The number of benzene rings is 2. The Morgan fingerprint density at radius 1 is 1.09 bits per heavy atom. The van der Waals surface area contributed by atoms with E-state index in [1.165, 1.54) is 0 Å². The topological polar surface area (TPSA) is 45.5 Å². The third-order valence-corrected chi connectivity index (χ3v) is 3.49. The fourth-order valence-electron chi connectivity index (χ4n) is 2.41. The minimum absolute atomic E-state index is 0.